The van der Waals surface area contributed by atoms with Crippen LogP contribution in [0.25, 0.3) is 72.0 Å². The smallest absolute Gasteiger partial charge is 0.201 e. The number of hydrogen-bond acceptors (Lipinski definition) is 6. The second-order valence-corrected chi connectivity index (χ2v) is 13.7. The summed E-state index contributed by atoms with van der Waals surface area (Å²) < 4.78 is 12.6. The van der Waals surface area contributed by atoms with Crippen LogP contribution in [-0.2, 0) is 0 Å². The molecule has 6 heteroatoms. The molecule has 54 heavy (non-hydrogen) atoms. The Labute approximate surface area is 310 Å². The number of nitrogens with zero attached hydrogens (tertiary/aromatic N) is 2. The third-order valence-electron chi connectivity index (χ3n) is 10.6. The van der Waals surface area contributed by atoms with Gasteiger partial charge >= 0.3 is 0 Å². The monoisotopic (exact) mass is 696 g/mol. The predicted octanol–water partition coefficient (Wildman–Crippen LogP) is 11.8. The lowest BCUT2D eigenvalue weighted by atomic mass is 9.91. The van der Waals surface area contributed by atoms with Crippen LogP contribution in [0.2, 0.25) is 0 Å². The molecule has 0 amide bonds. The molecule has 0 spiro atoms. The molecule has 4 heterocycles. The SMILES string of the molecule is C1=Cc2c(oc3cccc(-c4ccc(C5=NC(c6cccc7oc8ccccc8c67)=NC(c6cccc(-c7ccccc7)c6)N5)c5ccccc45)c23)NC1. The van der Waals surface area contributed by atoms with Crippen molar-refractivity contribution in [3.05, 3.63) is 180 Å². The molecule has 7 aromatic carbocycles. The number of nitrogens with one attached hydrogen (secondary N) is 2. The fourth-order valence-electron chi connectivity index (χ4n) is 8.11. The summed E-state index contributed by atoms with van der Waals surface area (Å²) in [6.07, 6.45) is 3.91. The minimum Gasteiger partial charge on any atom is -0.456 e. The highest BCUT2D eigenvalue weighted by Gasteiger charge is 2.26. The van der Waals surface area contributed by atoms with Gasteiger partial charge in [-0.15, -0.1) is 0 Å². The van der Waals surface area contributed by atoms with Crippen LogP contribution in [0, 0.1) is 0 Å². The maximum absolute atomic E-state index is 6.31. The highest BCUT2D eigenvalue weighted by atomic mass is 16.4. The quantitative estimate of drug-likeness (QED) is 0.188. The molecular formula is C48H32N4O2. The van der Waals surface area contributed by atoms with Crippen molar-refractivity contribution in [3.63, 3.8) is 0 Å². The van der Waals surface area contributed by atoms with Gasteiger partial charge in [0.2, 0.25) is 5.88 Å². The van der Waals surface area contributed by atoms with E-state index in [2.05, 4.69) is 132 Å². The molecule has 0 fully saturated rings. The number of aliphatic imine (C=N–C) groups is 2. The molecule has 2 aromatic heterocycles. The zero-order valence-electron chi connectivity index (χ0n) is 29.1. The second-order valence-electron chi connectivity index (χ2n) is 13.7. The Morgan fingerprint density at radius 1 is 0.537 bits per heavy atom. The van der Waals surface area contributed by atoms with Crippen LogP contribution in [0.4, 0.5) is 5.88 Å². The van der Waals surface area contributed by atoms with Gasteiger partial charge in [0.05, 0.1) is 0 Å². The van der Waals surface area contributed by atoms with E-state index in [4.69, 9.17) is 18.8 Å². The third kappa shape index (κ3) is 4.88. The maximum Gasteiger partial charge on any atom is 0.201 e. The van der Waals surface area contributed by atoms with Crippen molar-refractivity contribution in [1.29, 1.82) is 0 Å². The maximum atomic E-state index is 6.31. The minimum absolute atomic E-state index is 0.395. The normalized spacial score (nSPS) is 15.2. The van der Waals surface area contributed by atoms with Gasteiger partial charge in [0.15, 0.2) is 5.84 Å². The lowest BCUT2D eigenvalue weighted by molar-refractivity contribution is 0.628. The summed E-state index contributed by atoms with van der Waals surface area (Å²) in [5.74, 6) is 2.23. The van der Waals surface area contributed by atoms with E-state index >= 15 is 0 Å². The summed E-state index contributed by atoms with van der Waals surface area (Å²) in [7, 11) is 0. The molecule has 9 aromatic rings. The van der Waals surface area contributed by atoms with Gasteiger partial charge in [0.1, 0.15) is 28.8 Å². The van der Waals surface area contributed by atoms with Crippen LogP contribution < -0.4 is 10.6 Å². The third-order valence-corrected chi connectivity index (χ3v) is 10.6. The Morgan fingerprint density at radius 3 is 2.09 bits per heavy atom. The molecule has 2 aliphatic rings. The Hall–Kier alpha value is -7.18. The van der Waals surface area contributed by atoms with Crippen LogP contribution in [0.1, 0.15) is 28.4 Å². The fraction of sp³-hybridized carbons (Fsp3) is 0.0417. The van der Waals surface area contributed by atoms with Gasteiger partial charge in [-0.2, -0.15) is 0 Å². The average molecular weight is 697 g/mol. The van der Waals surface area contributed by atoms with E-state index in [-0.39, 0.29) is 0 Å². The first kappa shape index (κ1) is 30.4. The number of anilines is 1. The molecule has 0 bridgehead atoms. The van der Waals surface area contributed by atoms with Gasteiger partial charge < -0.3 is 19.5 Å². The first-order chi connectivity index (χ1) is 26.8. The van der Waals surface area contributed by atoms with Crippen LogP contribution in [0.15, 0.2) is 177 Å². The largest absolute Gasteiger partial charge is 0.456 e. The van der Waals surface area contributed by atoms with Gasteiger partial charge in [-0.05, 0) is 62.9 Å². The van der Waals surface area contributed by atoms with E-state index in [1.54, 1.807) is 0 Å². The van der Waals surface area contributed by atoms with Crippen molar-refractivity contribution in [1.82, 2.24) is 5.32 Å². The molecule has 0 saturated heterocycles. The summed E-state index contributed by atoms with van der Waals surface area (Å²) in [6, 6.07) is 52.7. The summed E-state index contributed by atoms with van der Waals surface area (Å²) in [5.41, 5.74) is 11.1. The Bertz CT molecular complexity index is 3040. The van der Waals surface area contributed by atoms with Gasteiger partial charge in [0.25, 0.3) is 0 Å². The molecule has 11 rings (SSSR count). The van der Waals surface area contributed by atoms with E-state index in [1.165, 1.54) is 0 Å². The molecule has 1 unspecified atom stereocenters. The number of rotatable bonds is 5. The van der Waals surface area contributed by atoms with Gasteiger partial charge in [-0.1, -0.05) is 140 Å². The van der Waals surface area contributed by atoms with Gasteiger partial charge in [-0.25, -0.2) is 9.98 Å². The van der Waals surface area contributed by atoms with Crippen molar-refractivity contribution >= 4 is 67.3 Å². The van der Waals surface area contributed by atoms with Gasteiger partial charge in [0, 0.05) is 39.4 Å². The topological polar surface area (TPSA) is 75.1 Å². The zero-order chi connectivity index (χ0) is 35.6. The van der Waals surface area contributed by atoms with Crippen LogP contribution in [-0.4, -0.2) is 18.2 Å². The van der Waals surface area contributed by atoms with E-state index < -0.39 is 6.17 Å². The van der Waals surface area contributed by atoms with Crippen molar-refractivity contribution in [2.75, 3.05) is 11.9 Å². The Kier molecular flexibility index (Phi) is 6.89. The van der Waals surface area contributed by atoms with Crippen molar-refractivity contribution in [3.8, 4) is 22.3 Å². The number of hydrogen-bond donors (Lipinski definition) is 2. The average Bonchev–Trinajstić information content (AvgIpc) is 3.82. The molecule has 256 valence electrons. The van der Waals surface area contributed by atoms with E-state index in [0.29, 0.717) is 5.84 Å². The number of amidine groups is 2. The number of benzene rings is 7. The fourth-order valence-corrected chi connectivity index (χ4v) is 8.11. The summed E-state index contributed by atoms with van der Waals surface area (Å²) in [4.78, 5) is 10.7. The van der Waals surface area contributed by atoms with Crippen LogP contribution in [0.5, 0.6) is 0 Å². The molecule has 2 aliphatic heterocycles. The molecule has 6 nitrogen and oxygen atoms in total. The zero-order valence-corrected chi connectivity index (χ0v) is 29.1. The lowest BCUT2D eigenvalue weighted by Crippen LogP contribution is -2.33. The summed E-state index contributed by atoms with van der Waals surface area (Å²) in [6.45, 7) is 0.753. The van der Waals surface area contributed by atoms with E-state index in [9.17, 15) is 0 Å². The molecule has 1 atom stereocenters. The summed E-state index contributed by atoms with van der Waals surface area (Å²) in [5, 5.41) is 12.5. The van der Waals surface area contributed by atoms with E-state index in [1.807, 2.05) is 42.5 Å². The second kappa shape index (κ2) is 12.2. The van der Waals surface area contributed by atoms with Crippen LogP contribution >= 0.6 is 0 Å². The number of furan rings is 2. The molecule has 0 aliphatic carbocycles. The first-order valence-corrected chi connectivity index (χ1v) is 18.2. The van der Waals surface area contributed by atoms with Gasteiger partial charge in [-0.3, -0.25) is 0 Å². The van der Waals surface area contributed by atoms with Crippen molar-refractivity contribution in [2.24, 2.45) is 9.98 Å². The van der Waals surface area contributed by atoms with Crippen molar-refractivity contribution in [2.45, 2.75) is 6.17 Å². The van der Waals surface area contributed by atoms with E-state index in [0.717, 1.165) is 106 Å². The summed E-state index contributed by atoms with van der Waals surface area (Å²) >= 11 is 0. The highest BCUT2D eigenvalue weighted by Crippen LogP contribution is 2.42. The molecule has 2 N–H and O–H groups in total. The highest BCUT2D eigenvalue weighted by molar-refractivity contribution is 6.24. The standard InChI is InChI=1S/C48H32N4O2/c1-2-12-29(13-3-1)30-14-8-15-31(28-30)45-50-46(52-47(51-45)38-20-10-23-41-44(38)37-18-6-7-22-40(37)53-41)36-26-25-34(32-16-4-5-17-33(32)36)35-19-9-24-42-43(35)39-21-11-27-49-48(39)54-42/h1-26,28,45,49H,27H2,(H,50,51,52). The molecule has 0 radical (unpaired) electrons. The Balaban J connectivity index is 1.11. The first-order valence-electron chi connectivity index (χ1n) is 18.2. The molecule has 0 saturated carbocycles. The Morgan fingerprint density at radius 2 is 1.22 bits per heavy atom. The lowest BCUT2D eigenvalue weighted by Gasteiger charge is -2.25. The molecular weight excluding hydrogens is 665 g/mol. The van der Waals surface area contributed by atoms with Crippen LogP contribution in [0.3, 0.4) is 0 Å². The number of para-hydroxylation sites is 1. The number of fused-ring (bicyclic) bond motifs is 7. The van der Waals surface area contributed by atoms with Crippen molar-refractivity contribution < 1.29 is 8.83 Å². The minimum atomic E-state index is -0.395. The predicted molar refractivity (Wildman–Crippen MR) is 221 cm³/mol.